The van der Waals surface area contributed by atoms with Gasteiger partial charge in [0.25, 0.3) is 0 Å². The summed E-state index contributed by atoms with van der Waals surface area (Å²) in [5.74, 6) is 12.6. The van der Waals surface area contributed by atoms with E-state index < -0.39 is 0 Å². The predicted octanol–water partition coefficient (Wildman–Crippen LogP) is 12.8. The molecule has 39 heavy (non-hydrogen) atoms. The molecule has 3 rings (SSSR count). The molecule has 0 heteroatoms. The summed E-state index contributed by atoms with van der Waals surface area (Å²) in [5.41, 5.74) is 0. The van der Waals surface area contributed by atoms with Gasteiger partial charge in [-0.3, -0.25) is 0 Å². The highest BCUT2D eigenvalue weighted by atomic mass is 14.4. The standard InChI is InChI=1S/C39H74/c1-10-31-14-16-32(17-15-31)18-20-36(23-27(4)5)38(12-3)37-22-21-35(25-37)33(11-2)24-30(9)34-19-13-29(8)39(26-34)28(6)7/h27-39H,10-26H2,1-9H3. The van der Waals surface area contributed by atoms with Crippen LogP contribution in [0.25, 0.3) is 0 Å². The van der Waals surface area contributed by atoms with Gasteiger partial charge in [-0.05, 0) is 128 Å². The first kappa shape index (κ1) is 33.5. The van der Waals surface area contributed by atoms with Gasteiger partial charge in [-0.15, -0.1) is 0 Å². The van der Waals surface area contributed by atoms with Crippen molar-refractivity contribution in [3.63, 3.8) is 0 Å². The van der Waals surface area contributed by atoms with E-state index in [9.17, 15) is 0 Å². The van der Waals surface area contributed by atoms with Crippen molar-refractivity contribution in [1.82, 2.24) is 0 Å². The van der Waals surface area contributed by atoms with Crippen molar-refractivity contribution in [1.29, 1.82) is 0 Å². The van der Waals surface area contributed by atoms with Crippen LogP contribution in [0.4, 0.5) is 0 Å². The molecule has 9 atom stereocenters. The van der Waals surface area contributed by atoms with Crippen LogP contribution in [0.15, 0.2) is 0 Å². The molecule has 0 aromatic rings. The van der Waals surface area contributed by atoms with Crippen molar-refractivity contribution in [2.45, 2.75) is 171 Å². The summed E-state index contributed by atoms with van der Waals surface area (Å²) < 4.78 is 0. The molecule has 0 aromatic carbocycles. The second kappa shape index (κ2) is 16.6. The lowest BCUT2D eigenvalue weighted by molar-refractivity contribution is 0.0993. The van der Waals surface area contributed by atoms with Gasteiger partial charge >= 0.3 is 0 Å². The van der Waals surface area contributed by atoms with E-state index in [2.05, 4.69) is 62.3 Å². The maximum atomic E-state index is 2.65. The maximum absolute atomic E-state index is 2.65. The summed E-state index contributed by atoms with van der Waals surface area (Å²) in [5, 5.41) is 0. The Kier molecular flexibility index (Phi) is 14.2. The lowest BCUT2D eigenvalue weighted by atomic mass is 9.65. The first-order valence-corrected chi connectivity index (χ1v) is 18.7. The van der Waals surface area contributed by atoms with Crippen molar-refractivity contribution in [3.05, 3.63) is 0 Å². The zero-order valence-corrected chi connectivity index (χ0v) is 28.5. The van der Waals surface area contributed by atoms with Gasteiger partial charge < -0.3 is 0 Å². The predicted molar refractivity (Wildman–Crippen MR) is 175 cm³/mol. The third-order valence-electron chi connectivity index (χ3n) is 13.3. The molecule has 0 spiro atoms. The summed E-state index contributed by atoms with van der Waals surface area (Å²) in [6.07, 6.45) is 25.6. The average Bonchev–Trinajstić information content (AvgIpc) is 3.40. The molecule has 3 fully saturated rings. The maximum Gasteiger partial charge on any atom is -0.0360 e. The molecule has 0 radical (unpaired) electrons. The zero-order valence-electron chi connectivity index (χ0n) is 28.5. The van der Waals surface area contributed by atoms with Crippen molar-refractivity contribution in [2.75, 3.05) is 0 Å². The van der Waals surface area contributed by atoms with Crippen molar-refractivity contribution in [3.8, 4) is 0 Å². The van der Waals surface area contributed by atoms with Crippen LogP contribution >= 0.6 is 0 Å². The van der Waals surface area contributed by atoms with E-state index in [0.29, 0.717) is 0 Å². The van der Waals surface area contributed by atoms with Gasteiger partial charge in [-0.2, -0.15) is 0 Å². The lowest BCUT2D eigenvalue weighted by Crippen LogP contribution is -2.31. The normalized spacial score (nSPS) is 35.3. The van der Waals surface area contributed by atoms with Crippen LogP contribution in [0.3, 0.4) is 0 Å². The molecule has 230 valence electrons. The van der Waals surface area contributed by atoms with Crippen LogP contribution in [0.5, 0.6) is 0 Å². The minimum absolute atomic E-state index is 0.856. The summed E-state index contributed by atoms with van der Waals surface area (Å²) >= 11 is 0. The van der Waals surface area contributed by atoms with Crippen molar-refractivity contribution in [2.24, 2.45) is 76.9 Å². The average molecular weight is 543 g/mol. The molecule has 3 saturated carbocycles. The van der Waals surface area contributed by atoms with Crippen LogP contribution in [-0.4, -0.2) is 0 Å². The second-order valence-electron chi connectivity index (χ2n) is 16.5. The van der Waals surface area contributed by atoms with E-state index in [1.165, 1.54) is 96.3 Å². The monoisotopic (exact) mass is 543 g/mol. The van der Waals surface area contributed by atoms with Gasteiger partial charge in [0.1, 0.15) is 0 Å². The first-order valence-electron chi connectivity index (χ1n) is 18.7. The highest BCUT2D eigenvalue weighted by Crippen LogP contribution is 2.49. The zero-order chi connectivity index (χ0) is 28.5. The fourth-order valence-corrected chi connectivity index (χ4v) is 10.6. The smallest absolute Gasteiger partial charge is 0.0360 e. The molecule has 3 aliphatic rings. The molecular weight excluding hydrogens is 468 g/mol. The molecule has 0 aromatic heterocycles. The van der Waals surface area contributed by atoms with Crippen molar-refractivity contribution >= 4 is 0 Å². The van der Waals surface area contributed by atoms with E-state index in [0.717, 1.165) is 76.9 Å². The molecule has 0 amide bonds. The molecule has 0 heterocycles. The number of hydrogen-bond acceptors (Lipinski definition) is 0. The third kappa shape index (κ3) is 9.77. The van der Waals surface area contributed by atoms with E-state index in [4.69, 9.17) is 0 Å². The fraction of sp³-hybridized carbons (Fsp3) is 1.00. The third-order valence-corrected chi connectivity index (χ3v) is 13.3. The Morgan fingerprint density at radius 2 is 1.28 bits per heavy atom. The highest BCUT2D eigenvalue weighted by Gasteiger charge is 2.39. The van der Waals surface area contributed by atoms with Gasteiger partial charge in [0, 0.05) is 0 Å². The van der Waals surface area contributed by atoms with E-state index in [-0.39, 0.29) is 0 Å². The Labute approximate surface area is 248 Å². The molecule has 9 unspecified atom stereocenters. The van der Waals surface area contributed by atoms with Gasteiger partial charge in [0.05, 0.1) is 0 Å². The second-order valence-corrected chi connectivity index (χ2v) is 16.5. The van der Waals surface area contributed by atoms with Crippen LogP contribution in [0.2, 0.25) is 0 Å². The number of rotatable bonds is 15. The van der Waals surface area contributed by atoms with Gasteiger partial charge in [-0.1, -0.05) is 120 Å². The van der Waals surface area contributed by atoms with E-state index in [1.807, 2.05) is 0 Å². The molecule has 0 bridgehead atoms. The van der Waals surface area contributed by atoms with E-state index >= 15 is 0 Å². The highest BCUT2D eigenvalue weighted by molar-refractivity contribution is 4.89. The van der Waals surface area contributed by atoms with Gasteiger partial charge in [0.2, 0.25) is 0 Å². The topological polar surface area (TPSA) is 0 Å². The molecule has 3 aliphatic carbocycles. The van der Waals surface area contributed by atoms with Crippen molar-refractivity contribution < 1.29 is 0 Å². The van der Waals surface area contributed by atoms with Crippen LogP contribution in [0.1, 0.15) is 171 Å². The Bertz CT molecular complexity index is 638. The largest absolute Gasteiger partial charge is 0.0651 e. The number of hydrogen-bond donors (Lipinski definition) is 0. The minimum Gasteiger partial charge on any atom is -0.0651 e. The molecular formula is C39H74. The molecule has 0 aliphatic heterocycles. The molecule has 0 saturated heterocycles. The van der Waals surface area contributed by atoms with Crippen LogP contribution < -0.4 is 0 Å². The summed E-state index contributed by atoms with van der Waals surface area (Å²) in [7, 11) is 0. The minimum atomic E-state index is 0.856. The van der Waals surface area contributed by atoms with Crippen LogP contribution in [0, 0.1) is 76.9 Å². The molecule has 0 nitrogen and oxygen atoms in total. The Morgan fingerprint density at radius 3 is 1.87 bits per heavy atom. The molecule has 0 N–H and O–H groups in total. The van der Waals surface area contributed by atoms with Gasteiger partial charge in [-0.25, -0.2) is 0 Å². The first-order chi connectivity index (χ1) is 18.7. The fourth-order valence-electron chi connectivity index (χ4n) is 10.6. The quantitative estimate of drug-likeness (QED) is 0.193. The summed E-state index contributed by atoms with van der Waals surface area (Å²) in [6, 6.07) is 0. The van der Waals surface area contributed by atoms with Gasteiger partial charge in [0.15, 0.2) is 0 Å². The Balaban J connectivity index is 1.55. The summed E-state index contributed by atoms with van der Waals surface area (Å²) in [6.45, 7) is 22.6. The SMILES string of the molecule is CCC1CCC(CCC(CC(C)C)C(CC)C2CCC(C(CC)CC(C)C3CCC(C)C(C(C)C)C3)C2)CC1. The Hall–Kier alpha value is 0. The Morgan fingerprint density at radius 1 is 0.641 bits per heavy atom. The van der Waals surface area contributed by atoms with E-state index in [1.54, 1.807) is 12.8 Å². The summed E-state index contributed by atoms with van der Waals surface area (Å²) in [4.78, 5) is 0. The van der Waals surface area contributed by atoms with Crippen LogP contribution in [-0.2, 0) is 0 Å². The lowest BCUT2D eigenvalue weighted by Gasteiger charge is -2.40.